The van der Waals surface area contributed by atoms with Crippen molar-refractivity contribution in [1.82, 2.24) is 23.9 Å². The number of likely N-dealkylation sites (tertiary alicyclic amines) is 2. The maximum Gasteiger partial charge on any atom is 0.330 e. The fourth-order valence-electron chi connectivity index (χ4n) is 7.67. The summed E-state index contributed by atoms with van der Waals surface area (Å²) in [5, 5.41) is 3.38. The summed E-state index contributed by atoms with van der Waals surface area (Å²) in [7, 11) is 4.42. The van der Waals surface area contributed by atoms with Crippen LogP contribution >= 0.6 is 23.2 Å². The number of aromatic nitrogens is 3. The van der Waals surface area contributed by atoms with Crippen LogP contribution in [0, 0.1) is 5.41 Å². The summed E-state index contributed by atoms with van der Waals surface area (Å²) in [6, 6.07) is 13.1. The summed E-state index contributed by atoms with van der Waals surface area (Å²) >= 11 is 14.0. The Hall–Kier alpha value is -4.45. The highest BCUT2D eigenvalue weighted by atomic mass is 35.5. The molecule has 1 unspecified atom stereocenters. The van der Waals surface area contributed by atoms with Gasteiger partial charge in [0.05, 0.1) is 28.5 Å². The molecule has 2 fully saturated rings. The van der Waals surface area contributed by atoms with Crippen molar-refractivity contribution >= 4 is 40.7 Å². The number of aryl methyl sites for hydroxylation is 2. The SMILES string of the molecule is COc1nc(-c2cccc(-c3cccc(NC(=O)c4cn(C)c(=O)n(C)c4=O)c3Cl)c2Cl)cc2c1C(N1CC3(CCN(C(C)=O)C3)C1)CC2. The Morgan fingerprint density at radius 2 is 1.69 bits per heavy atom. The number of carbonyl (C=O) groups is 2. The van der Waals surface area contributed by atoms with Gasteiger partial charge in [-0.15, -0.1) is 0 Å². The molecule has 4 heterocycles. The number of amides is 2. The highest BCUT2D eigenvalue weighted by Gasteiger charge is 2.51. The summed E-state index contributed by atoms with van der Waals surface area (Å²) < 4.78 is 7.93. The zero-order valence-electron chi connectivity index (χ0n) is 27.7. The molecule has 0 radical (unpaired) electrons. The summed E-state index contributed by atoms with van der Waals surface area (Å²) in [4.78, 5) is 59.2. The Morgan fingerprint density at radius 1 is 1.00 bits per heavy atom. The Bertz CT molecular complexity index is 2150. The molecule has 254 valence electrons. The van der Waals surface area contributed by atoms with E-state index in [2.05, 4.69) is 16.3 Å². The van der Waals surface area contributed by atoms with Gasteiger partial charge in [0.2, 0.25) is 11.8 Å². The zero-order chi connectivity index (χ0) is 34.8. The topological polar surface area (TPSA) is 119 Å². The van der Waals surface area contributed by atoms with E-state index in [1.54, 1.807) is 32.2 Å². The Morgan fingerprint density at radius 3 is 2.39 bits per heavy atom. The van der Waals surface area contributed by atoms with Crippen LogP contribution in [0.1, 0.15) is 47.3 Å². The van der Waals surface area contributed by atoms with Gasteiger partial charge in [0.15, 0.2) is 0 Å². The summed E-state index contributed by atoms with van der Waals surface area (Å²) in [5.41, 5.74) is 3.92. The number of carbonyl (C=O) groups excluding carboxylic acids is 2. The predicted molar refractivity (Wildman–Crippen MR) is 188 cm³/mol. The van der Waals surface area contributed by atoms with E-state index in [1.807, 2.05) is 23.1 Å². The van der Waals surface area contributed by atoms with Crippen LogP contribution in [0.4, 0.5) is 5.69 Å². The lowest BCUT2D eigenvalue weighted by Crippen LogP contribution is -2.58. The molecule has 7 rings (SSSR count). The molecule has 1 aliphatic carbocycles. The first kappa shape index (κ1) is 33.1. The van der Waals surface area contributed by atoms with E-state index in [9.17, 15) is 19.2 Å². The van der Waals surface area contributed by atoms with E-state index in [1.165, 1.54) is 30.4 Å². The van der Waals surface area contributed by atoms with E-state index in [0.717, 1.165) is 55.6 Å². The maximum atomic E-state index is 13.1. The van der Waals surface area contributed by atoms with Crippen LogP contribution in [-0.4, -0.2) is 69.0 Å². The van der Waals surface area contributed by atoms with Gasteiger partial charge >= 0.3 is 5.69 Å². The lowest BCUT2D eigenvalue weighted by atomic mass is 9.77. The number of nitrogens with zero attached hydrogens (tertiary/aromatic N) is 5. The largest absolute Gasteiger partial charge is 0.481 e. The van der Waals surface area contributed by atoms with Crippen molar-refractivity contribution in [3.63, 3.8) is 0 Å². The molecule has 1 atom stereocenters. The first-order valence-corrected chi connectivity index (χ1v) is 16.9. The lowest BCUT2D eigenvalue weighted by molar-refractivity contribution is -0.129. The Kier molecular flexibility index (Phi) is 8.41. The number of ether oxygens (including phenoxy) is 1. The third kappa shape index (κ3) is 5.63. The second-order valence-corrected chi connectivity index (χ2v) is 14.1. The molecule has 1 N–H and O–H groups in total. The second-order valence-electron chi connectivity index (χ2n) is 13.3. The van der Waals surface area contributed by atoms with Gasteiger partial charge in [0.25, 0.3) is 11.5 Å². The Labute approximate surface area is 293 Å². The van der Waals surface area contributed by atoms with Crippen molar-refractivity contribution < 1.29 is 14.3 Å². The molecule has 1 spiro atoms. The standard InChI is InChI=1S/C36H36Cl2N6O5/c1-20(45)43-14-13-36(17-43)18-44(19-36)28-12-11-21-15-27(40-33(49-4)29(21)28)24-9-5-7-22(30(24)37)23-8-6-10-26(31(23)38)39-32(46)25-16-41(2)35(48)42(3)34(25)47/h5-10,15-16,28H,11-14,17-19H2,1-4H3,(H,39,46). The van der Waals surface area contributed by atoms with Crippen LogP contribution in [0.5, 0.6) is 5.88 Å². The maximum absolute atomic E-state index is 13.1. The van der Waals surface area contributed by atoms with E-state index in [0.29, 0.717) is 33.3 Å². The van der Waals surface area contributed by atoms with Crippen LogP contribution < -0.4 is 21.3 Å². The van der Waals surface area contributed by atoms with Crippen molar-refractivity contribution in [1.29, 1.82) is 0 Å². The number of methoxy groups -OCH3 is 1. The number of halogens is 2. The molecule has 49 heavy (non-hydrogen) atoms. The summed E-state index contributed by atoms with van der Waals surface area (Å²) in [5.74, 6) is 0.0368. The minimum atomic E-state index is -0.712. The Balaban J connectivity index is 1.16. The summed E-state index contributed by atoms with van der Waals surface area (Å²) in [6.45, 7) is 5.23. The van der Waals surface area contributed by atoms with Crippen molar-refractivity contribution in [2.75, 3.05) is 38.6 Å². The smallest absolute Gasteiger partial charge is 0.330 e. The number of anilines is 1. The molecular weight excluding hydrogens is 667 g/mol. The normalized spacial score (nSPS) is 18.0. The van der Waals surface area contributed by atoms with Gasteiger partial charge in [-0.2, -0.15) is 0 Å². The van der Waals surface area contributed by atoms with Crippen molar-refractivity contribution in [2.45, 2.75) is 32.2 Å². The van der Waals surface area contributed by atoms with Gasteiger partial charge in [-0.1, -0.05) is 53.5 Å². The molecule has 2 amide bonds. The fourth-order valence-corrected chi connectivity index (χ4v) is 8.27. The number of nitrogens with one attached hydrogen (secondary N) is 1. The number of rotatable bonds is 6. The summed E-state index contributed by atoms with van der Waals surface area (Å²) in [6.07, 6.45) is 4.10. The quantitative estimate of drug-likeness (QED) is 0.303. The molecule has 2 aromatic carbocycles. The van der Waals surface area contributed by atoms with Gasteiger partial charge in [-0.3, -0.25) is 23.9 Å². The molecule has 0 saturated carbocycles. The zero-order valence-corrected chi connectivity index (χ0v) is 29.2. The lowest BCUT2D eigenvalue weighted by Gasteiger charge is -2.51. The van der Waals surface area contributed by atoms with Crippen LogP contribution in [-0.2, 0) is 25.3 Å². The van der Waals surface area contributed by atoms with Crippen molar-refractivity contribution in [3.05, 3.63) is 96.2 Å². The van der Waals surface area contributed by atoms with E-state index >= 15 is 0 Å². The molecule has 11 nitrogen and oxygen atoms in total. The fraction of sp³-hybridized carbons (Fsp3) is 0.361. The monoisotopic (exact) mass is 702 g/mol. The highest BCUT2D eigenvalue weighted by molar-refractivity contribution is 6.39. The molecule has 0 bridgehead atoms. The third-order valence-electron chi connectivity index (χ3n) is 10.2. The highest BCUT2D eigenvalue weighted by Crippen LogP contribution is 2.50. The van der Waals surface area contributed by atoms with Crippen LogP contribution in [0.15, 0.2) is 58.3 Å². The van der Waals surface area contributed by atoms with Gasteiger partial charge in [0, 0.05) is 87.1 Å². The number of fused-ring (bicyclic) bond motifs is 1. The van der Waals surface area contributed by atoms with Crippen LogP contribution in [0.3, 0.4) is 0 Å². The second kappa shape index (κ2) is 12.5. The molecule has 2 saturated heterocycles. The molecule has 2 aromatic heterocycles. The average Bonchev–Trinajstić information content (AvgIpc) is 3.71. The van der Waals surface area contributed by atoms with Gasteiger partial charge in [-0.05, 0) is 37.0 Å². The molecular formula is C36H36Cl2N6O5. The van der Waals surface area contributed by atoms with Gasteiger partial charge < -0.3 is 19.5 Å². The van der Waals surface area contributed by atoms with Gasteiger partial charge in [-0.25, -0.2) is 9.78 Å². The van der Waals surface area contributed by atoms with Gasteiger partial charge in [0.1, 0.15) is 5.56 Å². The molecule has 13 heteroatoms. The number of pyridine rings is 1. The minimum absolute atomic E-state index is 0.149. The first-order valence-electron chi connectivity index (χ1n) is 16.1. The third-order valence-corrected chi connectivity index (χ3v) is 11.0. The van der Waals surface area contributed by atoms with Crippen molar-refractivity contribution in [3.8, 4) is 28.3 Å². The number of hydrogen-bond acceptors (Lipinski definition) is 7. The number of hydrogen-bond donors (Lipinski definition) is 1. The molecule has 4 aromatic rings. The number of benzene rings is 2. The van der Waals surface area contributed by atoms with E-state index in [4.69, 9.17) is 32.9 Å². The molecule has 3 aliphatic rings. The van der Waals surface area contributed by atoms with E-state index in [-0.39, 0.29) is 33.6 Å². The van der Waals surface area contributed by atoms with E-state index < -0.39 is 17.2 Å². The molecule has 2 aliphatic heterocycles. The van der Waals surface area contributed by atoms with Crippen LogP contribution in [0.2, 0.25) is 10.0 Å². The predicted octanol–water partition coefficient (Wildman–Crippen LogP) is 4.92. The first-order chi connectivity index (χ1) is 23.4. The van der Waals surface area contributed by atoms with Crippen molar-refractivity contribution in [2.24, 2.45) is 19.5 Å². The average molecular weight is 704 g/mol. The minimum Gasteiger partial charge on any atom is -0.481 e. The van der Waals surface area contributed by atoms with Crippen LogP contribution in [0.25, 0.3) is 22.4 Å².